The number of para-hydroxylation sites is 1. The van der Waals surface area contributed by atoms with E-state index in [0.29, 0.717) is 17.5 Å². The summed E-state index contributed by atoms with van der Waals surface area (Å²) in [6.45, 7) is 0. The molecule has 0 radical (unpaired) electrons. The minimum atomic E-state index is 0.600. The molecule has 0 aliphatic heterocycles. The van der Waals surface area contributed by atoms with Crippen molar-refractivity contribution in [2.75, 3.05) is 0 Å². The van der Waals surface area contributed by atoms with Crippen LogP contribution in [0, 0.1) is 0 Å². The quantitative estimate of drug-likeness (QED) is 0.174. The van der Waals surface area contributed by atoms with Crippen LogP contribution in [0.25, 0.3) is 99.9 Å². The third-order valence-corrected chi connectivity index (χ3v) is 9.74. The second-order valence-electron chi connectivity index (χ2n) is 12.8. The summed E-state index contributed by atoms with van der Waals surface area (Å²) in [5, 5.41) is 7.02. The maximum atomic E-state index is 6.56. The molecule has 0 amide bonds. The van der Waals surface area contributed by atoms with E-state index in [-0.39, 0.29) is 0 Å². The van der Waals surface area contributed by atoms with Crippen LogP contribution in [0.5, 0.6) is 0 Å². The maximum absolute atomic E-state index is 6.56. The summed E-state index contributed by atoms with van der Waals surface area (Å²) in [7, 11) is 0. The van der Waals surface area contributed by atoms with Gasteiger partial charge in [0.2, 0.25) is 0 Å². The van der Waals surface area contributed by atoms with E-state index in [1.54, 1.807) is 0 Å². The van der Waals surface area contributed by atoms with Crippen molar-refractivity contribution in [3.63, 3.8) is 0 Å². The van der Waals surface area contributed by atoms with E-state index < -0.39 is 0 Å². The van der Waals surface area contributed by atoms with Gasteiger partial charge in [-0.1, -0.05) is 164 Å². The number of hydrogen-bond donors (Lipinski definition) is 0. The molecule has 0 bridgehead atoms. The summed E-state index contributed by atoms with van der Waals surface area (Å²) in [6.07, 6.45) is 0. The van der Waals surface area contributed by atoms with Crippen LogP contribution in [0.4, 0.5) is 0 Å². The smallest absolute Gasteiger partial charge is 0.164 e. The number of nitrogens with zero attached hydrogens (tertiary/aromatic N) is 3. The summed E-state index contributed by atoms with van der Waals surface area (Å²) in [5.41, 5.74) is 8.85. The monoisotopic (exact) mass is 651 g/mol. The molecule has 0 N–H and O–H groups in total. The lowest BCUT2D eigenvalue weighted by molar-refractivity contribution is 0.670. The summed E-state index contributed by atoms with van der Waals surface area (Å²) < 4.78 is 6.56. The lowest BCUT2D eigenvalue weighted by atomic mass is 9.97. The third-order valence-electron chi connectivity index (χ3n) is 9.74. The van der Waals surface area contributed by atoms with Crippen LogP contribution in [0.3, 0.4) is 0 Å². The average Bonchev–Trinajstić information content (AvgIpc) is 3.60. The fourth-order valence-corrected chi connectivity index (χ4v) is 7.23. The molecule has 8 aromatic carbocycles. The Bertz CT molecular complexity index is 2900. The minimum Gasteiger partial charge on any atom is -0.455 e. The summed E-state index contributed by atoms with van der Waals surface area (Å²) in [5.74, 6) is 1.84. The molecule has 10 rings (SSSR count). The Morgan fingerprint density at radius 1 is 0.333 bits per heavy atom. The van der Waals surface area contributed by atoms with Crippen molar-refractivity contribution in [2.24, 2.45) is 0 Å². The van der Waals surface area contributed by atoms with Crippen LogP contribution in [0.1, 0.15) is 0 Å². The van der Waals surface area contributed by atoms with Crippen molar-refractivity contribution in [1.82, 2.24) is 15.0 Å². The normalized spacial score (nSPS) is 11.5. The number of benzene rings is 8. The number of hydrogen-bond acceptors (Lipinski definition) is 4. The molecule has 2 aromatic heterocycles. The highest BCUT2D eigenvalue weighted by atomic mass is 16.3. The van der Waals surface area contributed by atoms with E-state index in [0.717, 1.165) is 55.3 Å². The Kier molecular flexibility index (Phi) is 6.78. The Labute approximate surface area is 294 Å². The molecule has 0 fully saturated rings. The second-order valence-corrected chi connectivity index (χ2v) is 12.8. The van der Waals surface area contributed by atoms with Crippen LogP contribution in [0.2, 0.25) is 0 Å². The largest absolute Gasteiger partial charge is 0.455 e. The second kappa shape index (κ2) is 11.9. The summed E-state index contributed by atoms with van der Waals surface area (Å²) in [4.78, 5) is 15.2. The SMILES string of the molecule is c1ccc(-c2nc(-c3ccc(-c4ccc5c(ccc6ccccc65)c4)cc3)nc(-c3cccc4oc5c(-c6ccccc6)cccc5c34)n2)cc1. The molecule has 2 heterocycles. The maximum Gasteiger partial charge on any atom is 0.164 e. The van der Waals surface area contributed by atoms with Gasteiger partial charge in [0.1, 0.15) is 11.2 Å². The van der Waals surface area contributed by atoms with Crippen molar-refractivity contribution < 1.29 is 4.42 Å². The van der Waals surface area contributed by atoms with Gasteiger partial charge in [0.15, 0.2) is 17.5 Å². The molecular formula is C47H29N3O. The van der Waals surface area contributed by atoms with E-state index in [9.17, 15) is 0 Å². The van der Waals surface area contributed by atoms with Crippen molar-refractivity contribution in [3.8, 4) is 56.4 Å². The number of rotatable bonds is 5. The number of fused-ring (bicyclic) bond motifs is 6. The zero-order valence-electron chi connectivity index (χ0n) is 27.5. The van der Waals surface area contributed by atoms with Crippen LogP contribution < -0.4 is 0 Å². The standard InChI is InChI=1S/C47H29N3O/c1-3-11-31(12-4-1)39-17-9-18-40-43-41(19-10-20-42(43)51-44(39)40)47-49-45(33-14-5-2-6-15-33)48-46(50-47)34-24-21-30(22-25-34)35-27-28-38-36(29-35)26-23-32-13-7-8-16-37(32)38/h1-29H. The first-order valence-electron chi connectivity index (χ1n) is 17.1. The molecule has 10 aromatic rings. The highest BCUT2D eigenvalue weighted by molar-refractivity contribution is 6.15. The predicted molar refractivity (Wildman–Crippen MR) is 209 cm³/mol. The predicted octanol–water partition coefficient (Wildman–Crippen LogP) is 12.4. The number of aromatic nitrogens is 3. The first-order valence-corrected chi connectivity index (χ1v) is 17.1. The van der Waals surface area contributed by atoms with Gasteiger partial charge in [-0.05, 0) is 50.4 Å². The molecule has 0 atom stereocenters. The Hall–Kier alpha value is -6.91. The lowest BCUT2D eigenvalue weighted by Gasteiger charge is -2.10. The van der Waals surface area contributed by atoms with Gasteiger partial charge in [0.25, 0.3) is 0 Å². The van der Waals surface area contributed by atoms with Gasteiger partial charge in [-0.25, -0.2) is 15.0 Å². The molecular weight excluding hydrogens is 623 g/mol. The minimum absolute atomic E-state index is 0.600. The molecule has 4 nitrogen and oxygen atoms in total. The Morgan fingerprint density at radius 3 is 1.71 bits per heavy atom. The average molecular weight is 652 g/mol. The van der Waals surface area contributed by atoms with Crippen molar-refractivity contribution in [1.29, 1.82) is 0 Å². The van der Waals surface area contributed by atoms with E-state index in [1.165, 1.54) is 27.1 Å². The van der Waals surface area contributed by atoms with E-state index in [4.69, 9.17) is 19.4 Å². The fraction of sp³-hybridized carbons (Fsp3) is 0. The van der Waals surface area contributed by atoms with Gasteiger partial charge in [0, 0.05) is 33.0 Å². The van der Waals surface area contributed by atoms with Crippen LogP contribution in [0.15, 0.2) is 180 Å². The summed E-state index contributed by atoms with van der Waals surface area (Å²) in [6, 6.07) is 61.0. The first-order chi connectivity index (χ1) is 25.3. The molecule has 0 saturated heterocycles. The van der Waals surface area contributed by atoms with E-state index in [1.807, 2.05) is 48.5 Å². The van der Waals surface area contributed by atoms with Crippen molar-refractivity contribution in [2.45, 2.75) is 0 Å². The molecule has 0 aliphatic rings. The zero-order valence-corrected chi connectivity index (χ0v) is 27.5. The topological polar surface area (TPSA) is 51.8 Å². The van der Waals surface area contributed by atoms with Crippen LogP contribution >= 0.6 is 0 Å². The van der Waals surface area contributed by atoms with Gasteiger partial charge >= 0.3 is 0 Å². The van der Waals surface area contributed by atoms with Crippen LogP contribution in [-0.4, -0.2) is 15.0 Å². The van der Waals surface area contributed by atoms with Gasteiger partial charge < -0.3 is 4.42 Å². The lowest BCUT2D eigenvalue weighted by Crippen LogP contribution is -2.00. The molecule has 0 aliphatic carbocycles. The van der Waals surface area contributed by atoms with Gasteiger partial charge in [-0.3, -0.25) is 0 Å². The van der Waals surface area contributed by atoms with Crippen molar-refractivity contribution >= 4 is 43.5 Å². The highest BCUT2D eigenvalue weighted by Gasteiger charge is 2.19. The molecule has 4 heteroatoms. The highest BCUT2D eigenvalue weighted by Crippen LogP contribution is 2.40. The molecule has 51 heavy (non-hydrogen) atoms. The molecule has 0 unspecified atom stereocenters. The van der Waals surface area contributed by atoms with Crippen LogP contribution in [-0.2, 0) is 0 Å². The summed E-state index contributed by atoms with van der Waals surface area (Å²) >= 11 is 0. The van der Waals surface area contributed by atoms with Gasteiger partial charge in [-0.2, -0.15) is 0 Å². The third kappa shape index (κ3) is 5.04. The molecule has 238 valence electrons. The van der Waals surface area contributed by atoms with Crippen molar-refractivity contribution in [3.05, 3.63) is 176 Å². The number of furan rings is 1. The van der Waals surface area contributed by atoms with E-state index in [2.05, 4.69) is 127 Å². The Morgan fingerprint density at radius 2 is 0.902 bits per heavy atom. The molecule has 0 spiro atoms. The molecule has 0 saturated carbocycles. The van der Waals surface area contributed by atoms with E-state index >= 15 is 0 Å². The van der Waals surface area contributed by atoms with Gasteiger partial charge in [-0.15, -0.1) is 0 Å². The zero-order chi connectivity index (χ0) is 33.7. The van der Waals surface area contributed by atoms with Gasteiger partial charge in [0.05, 0.1) is 0 Å². The first kappa shape index (κ1) is 29.0. The Balaban J connectivity index is 1.10. The fourth-order valence-electron chi connectivity index (χ4n) is 7.23.